The normalized spacial score (nSPS) is 23.4. The Morgan fingerprint density at radius 3 is 2.58 bits per heavy atom. The van der Waals surface area contributed by atoms with Crippen molar-refractivity contribution in [1.82, 2.24) is 10.9 Å². The van der Waals surface area contributed by atoms with Crippen LogP contribution < -0.4 is 16.2 Å². The molecule has 24 heavy (non-hydrogen) atoms. The molecule has 0 radical (unpaired) electrons. The third kappa shape index (κ3) is 4.06. The van der Waals surface area contributed by atoms with Crippen LogP contribution in [0.1, 0.15) is 19.4 Å². The van der Waals surface area contributed by atoms with Gasteiger partial charge in [0.1, 0.15) is 5.75 Å². The van der Waals surface area contributed by atoms with E-state index in [2.05, 4.69) is 64.1 Å². The monoisotopic (exact) mass is 407 g/mol. The first-order chi connectivity index (χ1) is 11.5. The topological polar surface area (TPSA) is 56.3 Å². The molecule has 2 aromatic rings. The van der Waals surface area contributed by atoms with E-state index in [1.807, 2.05) is 30.0 Å². The second-order valence-corrected chi connectivity index (χ2v) is 8.21. The van der Waals surface area contributed by atoms with Gasteiger partial charge in [0.2, 0.25) is 0 Å². The first-order valence-electron chi connectivity index (χ1n) is 8.02. The van der Waals surface area contributed by atoms with Gasteiger partial charge in [-0.25, -0.2) is 0 Å². The highest BCUT2D eigenvalue weighted by Gasteiger charge is 2.31. The van der Waals surface area contributed by atoms with Gasteiger partial charge in [0.15, 0.2) is 0 Å². The van der Waals surface area contributed by atoms with E-state index in [-0.39, 0.29) is 0 Å². The maximum atomic E-state index is 10.00. The maximum Gasteiger partial charge on any atom is 0.120 e. The lowest BCUT2D eigenvalue weighted by molar-refractivity contribution is 0.469. The molecule has 4 nitrogen and oxygen atoms in total. The third-order valence-electron chi connectivity index (χ3n) is 4.19. The molecule has 2 atom stereocenters. The fourth-order valence-corrected chi connectivity index (χ4v) is 4.48. The van der Waals surface area contributed by atoms with Gasteiger partial charge in [-0.05, 0) is 44.2 Å². The molecule has 0 saturated carbocycles. The molecule has 3 rings (SSSR count). The molecule has 4 N–H and O–H groups in total. The molecule has 1 fully saturated rings. The highest BCUT2D eigenvalue weighted by Crippen LogP contribution is 2.35. The van der Waals surface area contributed by atoms with Gasteiger partial charge in [-0.1, -0.05) is 28.1 Å². The summed E-state index contributed by atoms with van der Waals surface area (Å²) >= 11 is 5.33. The number of hydrogen-bond donors (Lipinski definition) is 4. The zero-order valence-corrected chi connectivity index (χ0v) is 16.1. The van der Waals surface area contributed by atoms with Crippen molar-refractivity contribution in [2.75, 3.05) is 5.32 Å². The van der Waals surface area contributed by atoms with Gasteiger partial charge in [0.25, 0.3) is 0 Å². The standard InChI is InChI=1S/C18H22BrN3OS/c1-11-18(12(2)22-21-11)24-17-6-4-3-5-15(17)20-10-13-9-14(19)7-8-16(13)23/h3-9,11-12,18,20-23H,10H2,1-2H3. The summed E-state index contributed by atoms with van der Waals surface area (Å²) in [4.78, 5) is 1.22. The predicted octanol–water partition coefficient (Wildman–Crippen LogP) is 4.11. The minimum Gasteiger partial charge on any atom is -0.508 e. The number of rotatable bonds is 5. The highest BCUT2D eigenvalue weighted by atomic mass is 79.9. The van der Waals surface area contributed by atoms with Gasteiger partial charge in [-0.15, -0.1) is 11.8 Å². The van der Waals surface area contributed by atoms with Gasteiger partial charge < -0.3 is 10.4 Å². The molecule has 0 amide bonds. The number of phenolic OH excluding ortho intramolecular Hbond substituents is 1. The SMILES string of the molecule is CC1NNC(C)C1Sc1ccccc1NCc1cc(Br)ccc1O. The van der Waals surface area contributed by atoms with Crippen LogP contribution >= 0.6 is 27.7 Å². The second-order valence-electron chi connectivity index (χ2n) is 6.07. The Balaban J connectivity index is 1.73. The average Bonchev–Trinajstić information content (AvgIpc) is 2.89. The van der Waals surface area contributed by atoms with Crippen molar-refractivity contribution in [1.29, 1.82) is 0 Å². The number of hydrogen-bond acceptors (Lipinski definition) is 5. The number of thioether (sulfide) groups is 1. The van der Waals surface area contributed by atoms with E-state index in [9.17, 15) is 5.11 Å². The fraction of sp³-hybridized carbons (Fsp3) is 0.333. The number of para-hydroxylation sites is 1. The van der Waals surface area contributed by atoms with Gasteiger partial charge in [-0.2, -0.15) is 0 Å². The molecular formula is C18H22BrN3OS. The minimum atomic E-state index is 0.308. The van der Waals surface area contributed by atoms with Crippen LogP contribution in [0.4, 0.5) is 5.69 Å². The molecule has 1 heterocycles. The average molecular weight is 408 g/mol. The van der Waals surface area contributed by atoms with Crippen molar-refractivity contribution < 1.29 is 5.11 Å². The molecule has 1 saturated heterocycles. The van der Waals surface area contributed by atoms with E-state index in [0.717, 1.165) is 15.7 Å². The molecule has 0 aliphatic carbocycles. The maximum absolute atomic E-state index is 10.00. The van der Waals surface area contributed by atoms with Crippen LogP contribution in [0.3, 0.4) is 0 Å². The van der Waals surface area contributed by atoms with Gasteiger partial charge >= 0.3 is 0 Å². The van der Waals surface area contributed by atoms with Gasteiger partial charge in [-0.3, -0.25) is 10.9 Å². The lowest BCUT2D eigenvalue weighted by Crippen LogP contribution is -2.30. The fourth-order valence-electron chi connectivity index (χ4n) is 2.81. The first-order valence-corrected chi connectivity index (χ1v) is 9.70. The zero-order chi connectivity index (χ0) is 17.1. The molecule has 2 aromatic carbocycles. The molecule has 1 aliphatic rings. The lowest BCUT2D eigenvalue weighted by atomic mass is 10.2. The molecule has 1 aliphatic heterocycles. The summed E-state index contributed by atoms with van der Waals surface area (Å²) in [5.41, 5.74) is 8.56. The number of benzene rings is 2. The molecule has 0 spiro atoms. The third-order valence-corrected chi connectivity index (χ3v) is 6.38. The summed E-state index contributed by atoms with van der Waals surface area (Å²) in [5.74, 6) is 0.308. The molecule has 0 aromatic heterocycles. The summed E-state index contributed by atoms with van der Waals surface area (Å²) < 4.78 is 0.963. The van der Waals surface area contributed by atoms with Crippen molar-refractivity contribution in [3.63, 3.8) is 0 Å². The van der Waals surface area contributed by atoms with Crippen molar-refractivity contribution in [3.8, 4) is 5.75 Å². The van der Waals surface area contributed by atoms with Crippen molar-refractivity contribution in [2.24, 2.45) is 0 Å². The van der Waals surface area contributed by atoms with Crippen molar-refractivity contribution in [3.05, 3.63) is 52.5 Å². The number of anilines is 1. The molecule has 6 heteroatoms. The molecule has 0 bridgehead atoms. The van der Waals surface area contributed by atoms with E-state index < -0.39 is 0 Å². The second kappa shape index (κ2) is 7.78. The largest absolute Gasteiger partial charge is 0.508 e. The number of phenols is 1. The van der Waals surface area contributed by atoms with Crippen LogP contribution in [-0.2, 0) is 6.54 Å². The molecular weight excluding hydrogens is 386 g/mol. The van der Waals surface area contributed by atoms with E-state index in [0.29, 0.717) is 29.6 Å². The summed E-state index contributed by atoms with van der Waals surface area (Å²) in [6.45, 7) is 4.97. The van der Waals surface area contributed by atoms with Crippen molar-refractivity contribution >= 4 is 33.4 Å². The Morgan fingerprint density at radius 2 is 1.83 bits per heavy atom. The van der Waals surface area contributed by atoms with Gasteiger partial charge in [0, 0.05) is 44.5 Å². The lowest BCUT2D eigenvalue weighted by Gasteiger charge is -2.20. The quantitative estimate of drug-likeness (QED) is 0.600. The Labute approximate surface area is 155 Å². The summed E-state index contributed by atoms with van der Waals surface area (Å²) in [6, 6.07) is 14.6. The highest BCUT2D eigenvalue weighted by molar-refractivity contribution is 9.10. The van der Waals surface area contributed by atoms with E-state index in [1.165, 1.54) is 4.90 Å². The summed E-state index contributed by atoms with van der Waals surface area (Å²) in [7, 11) is 0. The van der Waals surface area contributed by atoms with Crippen molar-refractivity contribution in [2.45, 2.75) is 42.6 Å². The van der Waals surface area contributed by atoms with Crippen LogP contribution in [0.5, 0.6) is 5.75 Å². The van der Waals surface area contributed by atoms with Crippen LogP contribution in [-0.4, -0.2) is 22.4 Å². The number of aromatic hydroxyl groups is 1. The van der Waals surface area contributed by atoms with Crippen LogP contribution in [0.2, 0.25) is 0 Å². The number of halogens is 1. The van der Waals surface area contributed by atoms with Crippen LogP contribution in [0.25, 0.3) is 0 Å². The van der Waals surface area contributed by atoms with Crippen LogP contribution in [0, 0.1) is 0 Å². The van der Waals surface area contributed by atoms with Gasteiger partial charge in [0.05, 0.1) is 0 Å². The van der Waals surface area contributed by atoms with E-state index in [1.54, 1.807) is 6.07 Å². The molecule has 2 unspecified atom stereocenters. The Hall–Kier alpha value is -1.21. The summed E-state index contributed by atoms with van der Waals surface area (Å²) in [6.07, 6.45) is 0. The van der Waals surface area contributed by atoms with E-state index >= 15 is 0 Å². The predicted molar refractivity (Wildman–Crippen MR) is 104 cm³/mol. The Morgan fingerprint density at radius 1 is 1.12 bits per heavy atom. The molecule has 128 valence electrons. The Bertz CT molecular complexity index is 702. The number of nitrogens with one attached hydrogen (secondary N) is 3. The summed E-state index contributed by atoms with van der Waals surface area (Å²) in [5, 5.41) is 13.9. The van der Waals surface area contributed by atoms with Crippen LogP contribution in [0.15, 0.2) is 51.8 Å². The minimum absolute atomic E-state index is 0.308. The number of hydrazine groups is 1. The smallest absolute Gasteiger partial charge is 0.120 e. The zero-order valence-electron chi connectivity index (χ0n) is 13.7. The first kappa shape index (κ1) is 17.6. The Kier molecular flexibility index (Phi) is 5.71. The van der Waals surface area contributed by atoms with E-state index in [4.69, 9.17) is 0 Å².